The first-order valence-electron chi connectivity index (χ1n) is 6.55. The van der Waals surface area contributed by atoms with Crippen LogP contribution < -0.4 is 11.1 Å². The van der Waals surface area contributed by atoms with E-state index in [0.29, 0.717) is 6.32 Å². The van der Waals surface area contributed by atoms with Crippen molar-refractivity contribution in [2.75, 3.05) is 6.54 Å². The van der Waals surface area contributed by atoms with Crippen LogP contribution in [0.5, 0.6) is 0 Å². The quantitative estimate of drug-likeness (QED) is 0.385. The Morgan fingerprint density at radius 2 is 1.89 bits per heavy atom. The first kappa shape index (κ1) is 15.2. The molecule has 1 unspecified atom stereocenters. The molecule has 1 aromatic rings. The number of nitrogens with one attached hydrogen (secondary N) is 1. The fourth-order valence-corrected chi connectivity index (χ4v) is 1.83. The molecule has 0 heterocycles. The Balaban J connectivity index is 2.01. The van der Waals surface area contributed by atoms with E-state index in [4.69, 9.17) is 15.8 Å². The largest absolute Gasteiger partial charge is 0.451 e. The van der Waals surface area contributed by atoms with E-state index in [1.165, 1.54) is 5.56 Å². The first-order chi connectivity index (χ1) is 8.68. The number of unbranched alkanes of at least 4 members (excludes halogenated alkanes) is 1. The van der Waals surface area contributed by atoms with Gasteiger partial charge in [0.15, 0.2) is 0 Å². The van der Waals surface area contributed by atoms with Crippen LogP contribution in [-0.2, 0) is 6.54 Å². The molecule has 0 aliphatic heterocycles. The number of rotatable bonds is 9. The summed E-state index contributed by atoms with van der Waals surface area (Å²) in [7, 11) is -1.18. The third-order valence-electron chi connectivity index (χ3n) is 2.87. The van der Waals surface area contributed by atoms with Crippen molar-refractivity contribution in [3.63, 3.8) is 0 Å². The van der Waals surface area contributed by atoms with Crippen LogP contribution in [0.25, 0.3) is 0 Å². The average Bonchev–Trinajstić information content (AvgIpc) is 2.36. The third-order valence-corrected chi connectivity index (χ3v) is 2.87. The third kappa shape index (κ3) is 7.45. The highest BCUT2D eigenvalue weighted by molar-refractivity contribution is 6.40. The molecule has 1 atom stereocenters. The summed E-state index contributed by atoms with van der Waals surface area (Å²) in [6.45, 7) is 1.63. The molecule has 0 aliphatic carbocycles. The van der Waals surface area contributed by atoms with Gasteiger partial charge in [0.05, 0.1) is 0 Å². The van der Waals surface area contributed by atoms with Crippen LogP contribution in [0.2, 0.25) is 6.32 Å². The number of hydrogen-bond donors (Lipinski definition) is 4. The van der Waals surface area contributed by atoms with E-state index in [9.17, 15) is 0 Å². The number of nitrogens with two attached hydrogens (primary N) is 1. The Kier molecular flexibility index (Phi) is 7.68. The molecule has 0 spiro atoms. The predicted molar refractivity (Wildman–Crippen MR) is 75.0 cm³/mol. The lowest BCUT2D eigenvalue weighted by Crippen LogP contribution is -2.33. The van der Waals surface area contributed by atoms with Crippen LogP contribution in [0.15, 0.2) is 30.3 Å². The topological polar surface area (TPSA) is 78.5 Å². The molecule has 0 saturated heterocycles. The SMILES string of the molecule is NC(CCCCB(O)O)CNCc1ccccc1. The van der Waals surface area contributed by atoms with Crippen LogP contribution in [0.4, 0.5) is 0 Å². The molecule has 5 heteroatoms. The van der Waals surface area contributed by atoms with E-state index in [0.717, 1.165) is 32.4 Å². The molecule has 1 rings (SSSR count). The molecule has 100 valence electrons. The second-order valence-electron chi connectivity index (χ2n) is 4.64. The van der Waals surface area contributed by atoms with Crippen LogP contribution in [0, 0.1) is 0 Å². The highest BCUT2D eigenvalue weighted by Gasteiger charge is 2.07. The molecule has 1 aromatic carbocycles. The Morgan fingerprint density at radius 3 is 2.56 bits per heavy atom. The summed E-state index contributed by atoms with van der Waals surface area (Å²) < 4.78 is 0. The van der Waals surface area contributed by atoms with Crippen LogP contribution in [-0.4, -0.2) is 29.8 Å². The van der Waals surface area contributed by atoms with Gasteiger partial charge in [0.25, 0.3) is 0 Å². The second kappa shape index (κ2) is 9.11. The van der Waals surface area contributed by atoms with Crippen molar-refractivity contribution in [3.05, 3.63) is 35.9 Å². The lowest BCUT2D eigenvalue weighted by molar-refractivity contribution is 0.400. The van der Waals surface area contributed by atoms with Crippen LogP contribution in [0.3, 0.4) is 0 Å². The zero-order valence-electron chi connectivity index (χ0n) is 10.8. The van der Waals surface area contributed by atoms with E-state index in [2.05, 4.69) is 17.4 Å². The van der Waals surface area contributed by atoms with E-state index in [-0.39, 0.29) is 6.04 Å². The van der Waals surface area contributed by atoms with E-state index < -0.39 is 7.12 Å². The van der Waals surface area contributed by atoms with Crippen molar-refractivity contribution >= 4 is 7.12 Å². The zero-order valence-corrected chi connectivity index (χ0v) is 10.8. The minimum Gasteiger partial charge on any atom is -0.427 e. The molecule has 5 N–H and O–H groups in total. The normalized spacial score (nSPS) is 12.4. The fourth-order valence-electron chi connectivity index (χ4n) is 1.83. The van der Waals surface area contributed by atoms with E-state index >= 15 is 0 Å². The van der Waals surface area contributed by atoms with E-state index in [1.807, 2.05) is 18.2 Å². The molecule has 0 saturated carbocycles. The minimum absolute atomic E-state index is 0.129. The van der Waals surface area contributed by atoms with Gasteiger partial charge < -0.3 is 21.1 Å². The van der Waals surface area contributed by atoms with Crippen LogP contribution in [0.1, 0.15) is 24.8 Å². The van der Waals surface area contributed by atoms with Crippen molar-refractivity contribution in [3.8, 4) is 0 Å². The van der Waals surface area contributed by atoms with Crippen LogP contribution >= 0.6 is 0 Å². The number of hydrogen-bond acceptors (Lipinski definition) is 4. The summed E-state index contributed by atoms with van der Waals surface area (Å²) in [4.78, 5) is 0. The number of benzene rings is 1. The van der Waals surface area contributed by atoms with Crippen molar-refractivity contribution in [2.24, 2.45) is 5.73 Å². The standard InChI is InChI=1S/C13H23BN2O2/c15-13(8-4-5-9-14(17)18)11-16-10-12-6-2-1-3-7-12/h1-3,6-7,13,16-18H,4-5,8-11,15H2. The van der Waals surface area contributed by atoms with Gasteiger partial charge in [-0.15, -0.1) is 0 Å². The smallest absolute Gasteiger partial charge is 0.427 e. The van der Waals surface area contributed by atoms with Gasteiger partial charge >= 0.3 is 7.12 Å². The zero-order chi connectivity index (χ0) is 13.2. The molecule has 0 bridgehead atoms. The van der Waals surface area contributed by atoms with Gasteiger partial charge in [0.2, 0.25) is 0 Å². The summed E-state index contributed by atoms with van der Waals surface area (Å²) in [5, 5.41) is 20.7. The lowest BCUT2D eigenvalue weighted by Gasteiger charge is -2.12. The van der Waals surface area contributed by atoms with Crippen molar-refractivity contribution in [1.29, 1.82) is 0 Å². The Hall–Kier alpha value is -0.875. The van der Waals surface area contributed by atoms with Gasteiger partial charge in [0.1, 0.15) is 0 Å². The van der Waals surface area contributed by atoms with Crippen molar-refractivity contribution < 1.29 is 10.0 Å². The molecule has 0 fully saturated rings. The molecular formula is C13H23BN2O2. The minimum atomic E-state index is -1.18. The van der Waals surface area contributed by atoms with Gasteiger partial charge in [-0.05, 0) is 18.3 Å². The Morgan fingerprint density at radius 1 is 1.17 bits per heavy atom. The predicted octanol–water partition coefficient (Wildman–Crippen LogP) is 0.747. The van der Waals surface area contributed by atoms with Gasteiger partial charge in [-0.3, -0.25) is 0 Å². The van der Waals surface area contributed by atoms with Gasteiger partial charge in [-0.1, -0.05) is 43.2 Å². The maximum absolute atomic E-state index is 8.70. The molecule has 4 nitrogen and oxygen atoms in total. The maximum atomic E-state index is 8.70. The summed E-state index contributed by atoms with van der Waals surface area (Å²) >= 11 is 0. The van der Waals surface area contributed by atoms with Gasteiger partial charge in [-0.25, -0.2) is 0 Å². The van der Waals surface area contributed by atoms with E-state index in [1.54, 1.807) is 0 Å². The molecule has 0 aliphatic rings. The van der Waals surface area contributed by atoms with Crippen molar-refractivity contribution in [1.82, 2.24) is 5.32 Å². The average molecular weight is 250 g/mol. The molecule has 0 amide bonds. The molecular weight excluding hydrogens is 227 g/mol. The maximum Gasteiger partial charge on any atom is 0.451 e. The lowest BCUT2D eigenvalue weighted by atomic mass is 9.83. The Bertz CT molecular complexity index is 309. The van der Waals surface area contributed by atoms with Gasteiger partial charge in [0, 0.05) is 19.1 Å². The summed E-state index contributed by atoms with van der Waals surface area (Å²) in [6, 6.07) is 10.4. The van der Waals surface area contributed by atoms with Gasteiger partial charge in [-0.2, -0.15) is 0 Å². The highest BCUT2D eigenvalue weighted by atomic mass is 16.4. The second-order valence-corrected chi connectivity index (χ2v) is 4.64. The monoisotopic (exact) mass is 250 g/mol. The first-order valence-corrected chi connectivity index (χ1v) is 6.55. The molecule has 0 aromatic heterocycles. The van der Waals surface area contributed by atoms with Crippen molar-refractivity contribution in [2.45, 2.75) is 38.2 Å². The highest BCUT2D eigenvalue weighted by Crippen LogP contribution is 2.04. The summed E-state index contributed by atoms with van der Waals surface area (Å²) in [5.74, 6) is 0. The summed E-state index contributed by atoms with van der Waals surface area (Å²) in [6.07, 6.45) is 3.09. The summed E-state index contributed by atoms with van der Waals surface area (Å²) in [5.41, 5.74) is 7.22. The molecule has 18 heavy (non-hydrogen) atoms. The Labute approximate surface area is 109 Å². The molecule has 0 radical (unpaired) electrons. The fraction of sp³-hybridized carbons (Fsp3) is 0.538.